The number of ether oxygens (including phenoxy) is 2. The predicted octanol–water partition coefficient (Wildman–Crippen LogP) is 3.80. The van der Waals surface area contributed by atoms with Crippen molar-refractivity contribution < 1.29 is 14.6 Å². The van der Waals surface area contributed by atoms with Crippen molar-refractivity contribution in [2.45, 2.75) is 0 Å². The number of phenolic OH excluding ortho intramolecular Hbond substituents is 1. The van der Waals surface area contributed by atoms with Crippen molar-refractivity contribution in [2.75, 3.05) is 25.6 Å². The summed E-state index contributed by atoms with van der Waals surface area (Å²) < 4.78 is 10.5. The molecular weight excluding hydrogens is 346 g/mol. The molecule has 0 saturated heterocycles. The van der Waals surface area contributed by atoms with Gasteiger partial charge in [-0.05, 0) is 42.5 Å². The molecule has 8 heteroatoms. The van der Waals surface area contributed by atoms with E-state index in [1.807, 2.05) is 18.2 Å². The summed E-state index contributed by atoms with van der Waals surface area (Å²) in [6, 6.07) is 12.0. The third kappa shape index (κ3) is 4.77. The molecule has 0 amide bonds. The molecule has 0 radical (unpaired) electrons. The second-order valence-electron chi connectivity index (χ2n) is 5.59. The Labute approximate surface area is 156 Å². The van der Waals surface area contributed by atoms with Crippen LogP contribution in [0.4, 0.5) is 5.69 Å². The Balaban J connectivity index is 1.79. The molecule has 1 aromatic heterocycles. The van der Waals surface area contributed by atoms with Crippen LogP contribution in [0.2, 0.25) is 0 Å². The average molecular weight is 365 g/mol. The maximum absolute atomic E-state index is 9.31. The number of nitrogens with one attached hydrogen (secondary N) is 2. The summed E-state index contributed by atoms with van der Waals surface area (Å²) in [5.41, 5.74) is 9.15. The summed E-state index contributed by atoms with van der Waals surface area (Å²) in [7, 11) is 1.62. The molecule has 1 heterocycles. The van der Waals surface area contributed by atoms with Crippen LogP contribution in [0.5, 0.6) is 11.5 Å². The molecule has 0 spiro atoms. The van der Waals surface area contributed by atoms with E-state index in [0.29, 0.717) is 24.8 Å². The minimum absolute atomic E-state index is 0.179. The fraction of sp³-hybridized carbons (Fsp3) is 0.158. The van der Waals surface area contributed by atoms with Crippen molar-refractivity contribution in [3.8, 4) is 11.5 Å². The zero-order chi connectivity index (χ0) is 19.1. The SMILES string of the molecule is COCCOc1ccc2nc(/C(=C/Nc3ccc(O)cc3)N=N)ncc2c1. The van der Waals surface area contributed by atoms with Crippen molar-refractivity contribution in [2.24, 2.45) is 5.11 Å². The number of aromatic hydroxyl groups is 1. The van der Waals surface area contributed by atoms with Crippen molar-refractivity contribution in [3.05, 3.63) is 60.7 Å². The van der Waals surface area contributed by atoms with Crippen LogP contribution in [0.3, 0.4) is 0 Å². The first kappa shape index (κ1) is 18.3. The highest BCUT2D eigenvalue weighted by atomic mass is 16.5. The number of fused-ring (bicyclic) bond motifs is 1. The summed E-state index contributed by atoms with van der Waals surface area (Å²) in [5.74, 6) is 1.22. The van der Waals surface area contributed by atoms with Crippen LogP contribution >= 0.6 is 0 Å². The van der Waals surface area contributed by atoms with E-state index in [2.05, 4.69) is 20.4 Å². The summed E-state index contributed by atoms with van der Waals surface area (Å²) in [6.45, 7) is 0.981. The van der Waals surface area contributed by atoms with Gasteiger partial charge in [0.25, 0.3) is 0 Å². The maximum atomic E-state index is 9.31. The Morgan fingerprint density at radius 1 is 1.22 bits per heavy atom. The van der Waals surface area contributed by atoms with Gasteiger partial charge in [-0.25, -0.2) is 15.5 Å². The maximum Gasteiger partial charge on any atom is 0.182 e. The highest BCUT2D eigenvalue weighted by molar-refractivity contribution is 5.80. The van der Waals surface area contributed by atoms with E-state index in [9.17, 15) is 5.11 Å². The monoisotopic (exact) mass is 365 g/mol. The van der Waals surface area contributed by atoms with E-state index in [1.54, 1.807) is 43.8 Å². The van der Waals surface area contributed by atoms with Gasteiger partial charge in [0.05, 0.1) is 12.1 Å². The van der Waals surface area contributed by atoms with E-state index in [-0.39, 0.29) is 11.4 Å². The van der Waals surface area contributed by atoms with Crippen LogP contribution < -0.4 is 10.1 Å². The molecule has 0 bridgehead atoms. The number of anilines is 1. The fourth-order valence-corrected chi connectivity index (χ4v) is 2.32. The van der Waals surface area contributed by atoms with E-state index < -0.39 is 0 Å². The average Bonchev–Trinajstić information content (AvgIpc) is 2.70. The summed E-state index contributed by atoms with van der Waals surface area (Å²) in [5, 5.41) is 16.6. The first-order valence-corrected chi connectivity index (χ1v) is 8.21. The van der Waals surface area contributed by atoms with Crippen LogP contribution in [0.1, 0.15) is 5.82 Å². The van der Waals surface area contributed by atoms with E-state index >= 15 is 0 Å². The standard InChI is InChI=1S/C19H19N5O3/c1-26-8-9-27-16-6-7-17-13(10-16)11-22-19(23-17)18(24-20)12-21-14-2-4-15(25)5-3-14/h2-7,10-12,20-21,25H,8-9H2,1H3/b18-12-,24-20?. The molecule has 0 aliphatic carbocycles. The van der Waals surface area contributed by atoms with E-state index in [1.165, 1.54) is 0 Å². The number of rotatable bonds is 8. The summed E-state index contributed by atoms with van der Waals surface area (Å²) in [6.07, 6.45) is 3.21. The molecule has 0 aliphatic heterocycles. The molecule has 0 saturated carbocycles. The molecule has 138 valence electrons. The normalized spacial score (nSPS) is 11.4. The number of hydrogen-bond donors (Lipinski definition) is 3. The van der Waals surface area contributed by atoms with Gasteiger partial charge >= 0.3 is 0 Å². The Morgan fingerprint density at radius 2 is 2.04 bits per heavy atom. The third-order valence-electron chi connectivity index (χ3n) is 3.70. The molecule has 0 fully saturated rings. The topological polar surface area (TPSA) is 113 Å². The van der Waals surface area contributed by atoms with Crippen LogP contribution in [0.25, 0.3) is 16.6 Å². The quantitative estimate of drug-likeness (QED) is 0.318. The lowest BCUT2D eigenvalue weighted by atomic mass is 10.2. The van der Waals surface area contributed by atoms with Crippen molar-refractivity contribution in [1.82, 2.24) is 9.97 Å². The Bertz CT molecular complexity index is 957. The van der Waals surface area contributed by atoms with Gasteiger partial charge in [0.15, 0.2) is 5.82 Å². The van der Waals surface area contributed by atoms with E-state index in [0.717, 1.165) is 16.6 Å². The molecule has 0 unspecified atom stereocenters. The van der Waals surface area contributed by atoms with Gasteiger partial charge in [-0.1, -0.05) is 0 Å². The smallest absolute Gasteiger partial charge is 0.182 e. The largest absolute Gasteiger partial charge is 0.508 e. The van der Waals surface area contributed by atoms with Crippen LogP contribution in [-0.4, -0.2) is 35.4 Å². The number of methoxy groups -OCH3 is 1. The van der Waals surface area contributed by atoms with Crippen LogP contribution in [-0.2, 0) is 4.74 Å². The number of hydrogen-bond acceptors (Lipinski definition) is 8. The lowest BCUT2D eigenvalue weighted by Gasteiger charge is -2.07. The Hall–Kier alpha value is -3.52. The second-order valence-corrected chi connectivity index (χ2v) is 5.59. The molecule has 0 aliphatic rings. The summed E-state index contributed by atoms with van der Waals surface area (Å²) >= 11 is 0. The predicted molar refractivity (Wildman–Crippen MR) is 102 cm³/mol. The Morgan fingerprint density at radius 3 is 2.78 bits per heavy atom. The van der Waals surface area contributed by atoms with Crippen LogP contribution in [0, 0.1) is 5.53 Å². The molecule has 8 nitrogen and oxygen atoms in total. The number of phenols is 1. The third-order valence-corrected chi connectivity index (χ3v) is 3.70. The van der Waals surface area contributed by atoms with Gasteiger partial charge in [0, 0.05) is 30.6 Å². The van der Waals surface area contributed by atoms with Crippen LogP contribution in [0.15, 0.2) is 60.0 Å². The Kier molecular flexibility index (Phi) is 5.91. The van der Waals surface area contributed by atoms with Gasteiger partial charge in [0.1, 0.15) is 23.8 Å². The minimum Gasteiger partial charge on any atom is -0.508 e. The van der Waals surface area contributed by atoms with Gasteiger partial charge in [-0.15, -0.1) is 0 Å². The molecular formula is C19H19N5O3. The molecule has 2 aromatic carbocycles. The van der Waals surface area contributed by atoms with Crippen molar-refractivity contribution in [3.63, 3.8) is 0 Å². The van der Waals surface area contributed by atoms with Gasteiger partial charge in [-0.2, -0.15) is 5.11 Å². The fourth-order valence-electron chi connectivity index (χ4n) is 2.32. The summed E-state index contributed by atoms with van der Waals surface area (Å²) in [4.78, 5) is 8.75. The number of benzene rings is 2. The molecule has 0 atom stereocenters. The zero-order valence-corrected chi connectivity index (χ0v) is 14.7. The molecule has 3 rings (SSSR count). The van der Waals surface area contributed by atoms with E-state index in [4.69, 9.17) is 15.0 Å². The van der Waals surface area contributed by atoms with Gasteiger partial charge in [-0.3, -0.25) is 0 Å². The lowest BCUT2D eigenvalue weighted by Crippen LogP contribution is -2.04. The van der Waals surface area contributed by atoms with Crippen molar-refractivity contribution >= 4 is 22.3 Å². The van der Waals surface area contributed by atoms with Crippen molar-refractivity contribution in [1.29, 1.82) is 5.53 Å². The number of aromatic nitrogens is 2. The zero-order valence-electron chi connectivity index (χ0n) is 14.7. The number of nitrogens with zero attached hydrogens (tertiary/aromatic N) is 3. The lowest BCUT2D eigenvalue weighted by molar-refractivity contribution is 0.146. The second kappa shape index (κ2) is 8.72. The first-order chi connectivity index (χ1) is 13.2. The highest BCUT2D eigenvalue weighted by Crippen LogP contribution is 2.21. The first-order valence-electron chi connectivity index (χ1n) is 8.21. The van der Waals surface area contributed by atoms with Gasteiger partial charge < -0.3 is 19.9 Å². The minimum atomic E-state index is 0.179. The highest BCUT2D eigenvalue weighted by Gasteiger charge is 2.07. The molecule has 3 N–H and O–H groups in total. The molecule has 27 heavy (non-hydrogen) atoms. The van der Waals surface area contributed by atoms with Gasteiger partial charge in [0.2, 0.25) is 0 Å². The molecule has 3 aromatic rings.